The molecule has 0 aliphatic carbocycles. The average Bonchev–Trinajstić information content (AvgIpc) is 2.46. The number of hydrogen-bond donors (Lipinski definition) is 2. The SMILES string of the molecule is O=C(O)C=Cc1cccc(NC(=O)c2cnccn2)n1. The van der Waals surface area contributed by atoms with Crippen molar-refractivity contribution >= 4 is 23.8 Å². The smallest absolute Gasteiger partial charge is 0.328 e. The Morgan fingerprint density at radius 3 is 2.80 bits per heavy atom. The van der Waals surface area contributed by atoms with Gasteiger partial charge in [0.1, 0.15) is 11.5 Å². The van der Waals surface area contributed by atoms with Gasteiger partial charge in [0.15, 0.2) is 0 Å². The minimum atomic E-state index is -1.07. The van der Waals surface area contributed by atoms with Gasteiger partial charge in [-0.3, -0.25) is 9.78 Å². The van der Waals surface area contributed by atoms with Crippen molar-refractivity contribution in [2.45, 2.75) is 0 Å². The van der Waals surface area contributed by atoms with E-state index in [0.29, 0.717) is 11.5 Å². The zero-order chi connectivity index (χ0) is 14.4. The summed E-state index contributed by atoms with van der Waals surface area (Å²) in [5, 5.41) is 11.1. The number of carbonyl (C=O) groups is 2. The third-order valence-electron chi connectivity index (χ3n) is 2.20. The van der Waals surface area contributed by atoms with Crippen molar-refractivity contribution in [1.82, 2.24) is 15.0 Å². The first-order valence-corrected chi connectivity index (χ1v) is 5.60. The van der Waals surface area contributed by atoms with Crippen LogP contribution in [0.5, 0.6) is 0 Å². The Morgan fingerprint density at radius 2 is 2.10 bits per heavy atom. The van der Waals surface area contributed by atoms with Crippen LogP contribution < -0.4 is 5.32 Å². The van der Waals surface area contributed by atoms with E-state index in [9.17, 15) is 9.59 Å². The Labute approximate surface area is 114 Å². The summed E-state index contributed by atoms with van der Waals surface area (Å²) in [7, 11) is 0. The first-order chi connectivity index (χ1) is 9.65. The van der Waals surface area contributed by atoms with E-state index in [1.807, 2.05) is 0 Å². The summed E-state index contributed by atoms with van der Waals surface area (Å²) >= 11 is 0. The molecule has 0 atom stereocenters. The summed E-state index contributed by atoms with van der Waals surface area (Å²) in [4.78, 5) is 34.0. The molecule has 2 N–H and O–H groups in total. The Hall–Kier alpha value is -3.09. The molecule has 20 heavy (non-hydrogen) atoms. The molecule has 7 heteroatoms. The molecule has 0 saturated heterocycles. The van der Waals surface area contributed by atoms with Crippen LogP contribution in [0.4, 0.5) is 5.82 Å². The first-order valence-electron chi connectivity index (χ1n) is 5.60. The second kappa shape index (κ2) is 6.19. The van der Waals surface area contributed by atoms with Crippen molar-refractivity contribution < 1.29 is 14.7 Å². The van der Waals surface area contributed by atoms with E-state index in [2.05, 4.69) is 20.3 Å². The fourth-order valence-corrected chi connectivity index (χ4v) is 1.37. The van der Waals surface area contributed by atoms with Gasteiger partial charge in [-0.25, -0.2) is 14.8 Å². The number of aromatic nitrogens is 3. The van der Waals surface area contributed by atoms with Crippen molar-refractivity contribution in [1.29, 1.82) is 0 Å². The molecule has 0 aliphatic heterocycles. The van der Waals surface area contributed by atoms with Gasteiger partial charge in [-0.2, -0.15) is 0 Å². The van der Waals surface area contributed by atoms with Gasteiger partial charge in [0.2, 0.25) is 0 Å². The molecule has 0 bridgehead atoms. The van der Waals surface area contributed by atoms with Gasteiger partial charge in [0, 0.05) is 18.5 Å². The van der Waals surface area contributed by atoms with Crippen LogP contribution >= 0.6 is 0 Å². The molecule has 0 aliphatic rings. The van der Waals surface area contributed by atoms with E-state index in [-0.39, 0.29) is 5.69 Å². The van der Waals surface area contributed by atoms with E-state index in [1.165, 1.54) is 24.7 Å². The van der Waals surface area contributed by atoms with Crippen LogP contribution in [-0.4, -0.2) is 31.9 Å². The van der Waals surface area contributed by atoms with Gasteiger partial charge in [-0.15, -0.1) is 0 Å². The highest BCUT2D eigenvalue weighted by Crippen LogP contribution is 2.07. The van der Waals surface area contributed by atoms with Crippen molar-refractivity contribution in [3.05, 3.63) is 54.3 Å². The maximum absolute atomic E-state index is 11.8. The van der Waals surface area contributed by atoms with Crippen molar-refractivity contribution in [3.8, 4) is 0 Å². The fourth-order valence-electron chi connectivity index (χ4n) is 1.37. The number of carboxylic acids is 1. The van der Waals surface area contributed by atoms with Gasteiger partial charge in [-0.05, 0) is 18.2 Å². The lowest BCUT2D eigenvalue weighted by Crippen LogP contribution is -2.14. The van der Waals surface area contributed by atoms with Crippen molar-refractivity contribution in [2.24, 2.45) is 0 Å². The molecule has 2 heterocycles. The number of amides is 1. The Bertz CT molecular complexity index is 656. The predicted molar refractivity (Wildman–Crippen MR) is 70.9 cm³/mol. The van der Waals surface area contributed by atoms with Crippen LogP contribution in [0.1, 0.15) is 16.2 Å². The molecular formula is C13H10N4O3. The van der Waals surface area contributed by atoms with E-state index in [0.717, 1.165) is 6.08 Å². The number of aliphatic carboxylic acids is 1. The number of anilines is 1. The largest absolute Gasteiger partial charge is 0.478 e. The minimum absolute atomic E-state index is 0.167. The molecular weight excluding hydrogens is 260 g/mol. The van der Waals surface area contributed by atoms with Crippen molar-refractivity contribution in [2.75, 3.05) is 5.32 Å². The van der Waals surface area contributed by atoms with Crippen LogP contribution in [-0.2, 0) is 4.79 Å². The predicted octanol–water partition coefficient (Wildman–Crippen LogP) is 1.22. The van der Waals surface area contributed by atoms with E-state index in [4.69, 9.17) is 5.11 Å². The number of pyridine rings is 1. The molecule has 0 saturated carbocycles. The molecule has 0 aromatic carbocycles. The molecule has 0 radical (unpaired) electrons. The highest BCUT2D eigenvalue weighted by atomic mass is 16.4. The van der Waals surface area contributed by atoms with Crippen LogP contribution in [0.25, 0.3) is 6.08 Å². The molecule has 2 aromatic heterocycles. The Kier molecular flexibility index (Phi) is 4.13. The third kappa shape index (κ3) is 3.70. The lowest BCUT2D eigenvalue weighted by Gasteiger charge is -2.03. The lowest BCUT2D eigenvalue weighted by atomic mass is 10.3. The molecule has 2 aromatic rings. The van der Waals surface area contributed by atoms with Gasteiger partial charge in [0.05, 0.1) is 11.9 Å². The highest BCUT2D eigenvalue weighted by molar-refractivity contribution is 6.02. The highest BCUT2D eigenvalue weighted by Gasteiger charge is 2.07. The Balaban J connectivity index is 2.12. The number of hydrogen-bond acceptors (Lipinski definition) is 5. The summed E-state index contributed by atoms with van der Waals surface area (Å²) in [5.74, 6) is -1.21. The normalized spacial score (nSPS) is 10.4. The van der Waals surface area contributed by atoms with Gasteiger partial charge < -0.3 is 10.4 Å². The molecule has 1 amide bonds. The van der Waals surface area contributed by atoms with Crippen LogP contribution in [0, 0.1) is 0 Å². The van der Waals surface area contributed by atoms with E-state index >= 15 is 0 Å². The van der Waals surface area contributed by atoms with Gasteiger partial charge >= 0.3 is 5.97 Å². The van der Waals surface area contributed by atoms with E-state index < -0.39 is 11.9 Å². The van der Waals surface area contributed by atoms with E-state index in [1.54, 1.807) is 18.2 Å². The maximum atomic E-state index is 11.8. The first kappa shape index (κ1) is 13.3. The minimum Gasteiger partial charge on any atom is -0.478 e. The Morgan fingerprint density at radius 1 is 1.25 bits per heavy atom. The lowest BCUT2D eigenvalue weighted by molar-refractivity contribution is -0.131. The second-order valence-corrected chi connectivity index (χ2v) is 3.66. The monoisotopic (exact) mass is 270 g/mol. The molecule has 0 spiro atoms. The quantitative estimate of drug-likeness (QED) is 0.809. The van der Waals surface area contributed by atoms with Gasteiger partial charge in [-0.1, -0.05) is 6.07 Å². The number of carbonyl (C=O) groups excluding carboxylic acids is 1. The average molecular weight is 270 g/mol. The standard InChI is InChI=1S/C13H10N4O3/c18-12(19)5-4-9-2-1-3-11(16-9)17-13(20)10-8-14-6-7-15-10/h1-8H,(H,18,19)(H,16,17,20). The molecule has 7 nitrogen and oxygen atoms in total. The van der Waals surface area contributed by atoms with Gasteiger partial charge in [0.25, 0.3) is 5.91 Å². The number of carboxylic acid groups (broad SMARTS) is 1. The van der Waals surface area contributed by atoms with Crippen LogP contribution in [0.3, 0.4) is 0 Å². The zero-order valence-electron chi connectivity index (χ0n) is 10.2. The third-order valence-corrected chi connectivity index (χ3v) is 2.20. The fraction of sp³-hybridized carbons (Fsp3) is 0. The summed E-state index contributed by atoms with van der Waals surface area (Å²) in [6.45, 7) is 0. The molecule has 2 rings (SSSR count). The zero-order valence-corrected chi connectivity index (χ0v) is 10.2. The summed E-state index contributed by atoms with van der Waals surface area (Å²) in [6, 6.07) is 4.87. The van der Waals surface area contributed by atoms with Crippen LogP contribution in [0.15, 0.2) is 42.9 Å². The number of rotatable bonds is 4. The number of nitrogens with one attached hydrogen (secondary N) is 1. The number of nitrogens with zero attached hydrogens (tertiary/aromatic N) is 3. The molecule has 0 unspecified atom stereocenters. The summed E-state index contributed by atoms with van der Waals surface area (Å²) < 4.78 is 0. The summed E-state index contributed by atoms with van der Waals surface area (Å²) in [5.41, 5.74) is 0.588. The topological polar surface area (TPSA) is 105 Å². The van der Waals surface area contributed by atoms with Crippen molar-refractivity contribution in [3.63, 3.8) is 0 Å². The molecule has 100 valence electrons. The van der Waals surface area contributed by atoms with Crippen LogP contribution in [0.2, 0.25) is 0 Å². The molecule has 0 fully saturated rings. The second-order valence-electron chi connectivity index (χ2n) is 3.66. The maximum Gasteiger partial charge on any atom is 0.328 e. The summed E-state index contributed by atoms with van der Waals surface area (Å²) in [6.07, 6.45) is 6.52.